The molecule has 1 aliphatic carbocycles. The molecule has 0 amide bonds. The molecule has 3 heterocycles. The number of rotatable bonds is 6. The van der Waals surface area contributed by atoms with Crippen LogP contribution in [0.25, 0.3) is 0 Å². The molecule has 0 radical (unpaired) electrons. The summed E-state index contributed by atoms with van der Waals surface area (Å²) in [5.74, 6) is 2.78. The molecule has 0 saturated heterocycles. The van der Waals surface area contributed by atoms with Gasteiger partial charge in [0.1, 0.15) is 16.8 Å². The van der Waals surface area contributed by atoms with Crippen molar-refractivity contribution >= 4 is 34.7 Å². The standard InChI is InChI=1S/C18H22ClN5S2/c1-23-15(19)11-20-17(23)12-26-18-22-21-16(10-14-8-5-9-25-14)24(18)13-6-3-2-4-7-13/h5,8-9,11,13H,2-4,6-7,10,12H2,1H3. The number of thioether (sulfide) groups is 1. The zero-order chi connectivity index (χ0) is 17.9. The van der Waals surface area contributed by atoms with Crippen molar-refractivity contribution in [3.63, 3.8) is 0 Å². The number of hydrogen-bond donors (Lipinski definition) is 0. The summed E-state index contributed by atoms with van der Waals surface area (Å²) < 4.78 is 4.32. The maximum absolute atomic E-state index is 6.11. The fourth-order valence-corrected chi connectivity index (χ4v) is 5.36. The molecule has 5 nitrogen and oxygen atoms in total. The predicted octanol–water partition coefficient (Wildman–Crippen LogP) is 5.11. The van der Waals surface area contributed by atoms with Gasteiger partial charge in [-0.05, 0) is 24.3 Å². The van der Waals surface area contributed by atoms with Crippen molar-refractivity contribution in [2.45, 2.75) is 55.5 Å². The monoisotopic (exact) mass is 407 g/mol. The molecule has 0 aromatic carbocycles. The summed E-state index contributed by atoms with van der Waals surface area (Å²) in [5, 5.41) is 12.9. The van der Waals surface area contributed by atoms with E-state index in [9.17, 15) is 0 Å². The van der Waals surface area contributed by atoms with Gasteiger partial charge < -0.3 is 9.13 Å². The van der Waals surface area contributed by atoms with Crippen LogP contribution in [0.2, 0.25) is 5.15 Å². The van der Waals surface area contributed by atoms with E-state index < -0.39 is 0 Å². The summed E-state index contributed by atoms with van der Waals surface area (Å²) in [4.78, 5) is 5.73. The Hall–Kier alpha value is -1.31. The number of halogens is 1. The normalized spacial score (nSPS) is 15.6. The van der Waals surface area contributed by atoms with E-state index in [1.54, 1.807) is 29.3 Å². The topological polar surface area (TPSA) is 48.5 Å². The molecule has 138 valence electrons. The maximum atomic E-state index is 6.11. The number of hydrogen-bond acceptors (Lipinski definition) is 5. The first-order valence-corrected chi connectivity index (χ1v) is 11.2. The number of thiophene rings is 1. The van der Waals surface area contributed by atoms with E-state index in [-0.39, 0.29) is 0 Å². The van der Waals surface area contributed by atoms with Gasteiger partial charge in [0.25, 0.3) is 0 Å². The van der Waals surface area contributed by atoms with Crippen molar-refractivity contribution in [3.05, 3.63) is 45.4 Å². The second kappa shape index (κ2) is 8.15. The van der Waals surface area contributed by atoms with Gasteiger partial charge in [-0.2, -0.15) is 0 Å². The highest BCUT2D eigenvalue weighted by molar-refractivity contribution is 7.98. The first-order chi connectivity index (χ1) is 12.7. The molecule has 26 heavy (non-hydrogen) atoms. The lowest BCUT2D eigenvalue weighted by Crippen LogP contribution is -2.16. The van der Waals surface area contributed by atoms with Crippen molar-refractivity contribution in [2.75, 3.05) is 0 Å². The van der Waals surface area contributed by atoms with Crippen molar-refractivity contribution in [3.8, 4) is 0 Å². The van der Waals surface area contributed by atoms with Crippen LogP contribution in [-0.4, -0.2) is 24.3 Å². The first-order valence-electron chi connectivity index (χ1n) is 8.97. The zero-order valence-electron chi connectivity index (χ0n) is 14.8. The third-order valence-corrected chi connectivity index (χ3v) is 7.11. The van der Waals surface area contributed by atoms with E-state index in [1.807, 2.05) is 11.6 Å². The number of aromatic nitrogens is 5. The molecule has 1 aliphatic rings. The van der Waals surface area contributed by atoms with Crippen LogP contribution in [0.15, 0.2) is 28.9 Å². The minimum Gasteiger partial charge on any atom is -0.322 e. The van der Waals surface area contributed by atoms with Crippen molar-refractivity contribution in [2.24, 2.45) is 7.05 Å². The van der Waals surface area contributed by atoms with Gasteiger partial charge in [-0.25, -0.2) is 4.98 Å². The minimum atomic E-state index is 0.515. The highest BCUT2D eigenvalue weighted by Crippen LogP contribution is 2.34. The Labute approximate surface area is 166 Å². The lowest BCUT2D eigenvalue weighted by molar-refractivity contribution is 0.330. The van der Waals surface area contributed by atoms with E-state index >= 15 is 0 Å². The third-order valence-electron chi connectivity index (χ3n) is 4.95. The maximum Gasteiger partial charge on any atom is 0.191 e. The lowest BCUT2D eigenvalue weighted by atomic mass is 9.95. The van der Waals surface area contributed by atoms with Crippen LogP contribution < -0.4 is 0 Å². The van der Waals surface area contributed by atoms with E-state index in [2.05, 4.69) is 37.3 Å². The molecular weight excluding hydrogens is 386 g/mol. The summed E-state index contributed by atoms with van der Waals surface area (Å²) in [6.45, 7) is 0. The van der Waals surface area contributed by atoms with Crippen LogP contribution in [0.5, 0.6) is 0 Å². The Balaban J connectivity index is 1.58. The minimum absolute atomic E-state index is 0.515. The largest absolute Gasteiger partial charge is 0.322 e. The van der Waals surface area contributed by atoms with Crippen LogP contribution in [0.3, 0.4) is 0 Å². The van der Waals surface area contributed by atoms with Gasteiger partial charge in [-0.1, -0.05) is 48.7 Å². The molecule has 0 N–H and O–H groups in total. The Bertz CT molecular complexity index is 849. The molecule has 3 aromatic heterocycles. The molecule has 4 rings (SSSR count). The average Bonchev–Trinajstić information content (AvgIpc) is 3.38. The smallest absolute Gasteiger partial charge is 0.191 e. The molecule has 0 aliphatic heterocycles. The van der Waals surface area contributed by atoms with E-state index in [0.717, 1.165) is 29.0 Å². The van der Waals surface area contributed by atoms with E-state index in [0.29, 0.717) is 11.2 Å². The summed E-state index contributed by atoms with van der Waals surface area (Å²) in [7, 11) is 1.94. The van der Waals surface area contributed by atoms with Crippen molar-refractivity contribution < 1.29 is 0 Å². The SMILES string of the molecule is Cn1c(Cl)cnc1CSc1nnc(Cc2cccs2)n1C1CCCCC1. The van der Waals surface area contributed by atoms with Crippen LogP contribution in [0, 0.1) is 0 Å². The molecule has 1 fully saturated rings. The Morgan fingerprint density at radius 2 is 2.08 bits per heavy atom. The zero-order valence-corrected chi connectivity index (χ0v) is 17.2. The summed E-state index contributed by atoms with van der Waals surface area (Å²) >= 11 is 9.59. The third kappa shape index (κ3) is 3.85. The van der Waals surface area contributed by atoms with E-state index in [1.165, 1.54) is 37.0 Å². The fourth-order valence-electron chi connectivity index (χ4n) is 3.49. The van der Waals surface area contributed by atoms with Gasteiger partial charge in [0, 0.05) is 24.4 Å². The van der Waals surface area contributed by atoms with Crippen LogP contribution >= 0.6 is 34.7 Å². The molecule has 3 aromatic rings. The summed E-state index contributed by atoms with van der Waals surface area (Å²) in [5.41, 5.74) is 0. The van der Waals surface area contributed by atoms with Gasteiger partial charge in [0.15, 0.2) is 5.16 Å². The second-order valence-corrected chi connectivity index (χ2v) is 9.02. The van der Waals surface area contributed by atoms with Crippen LogP contribution in [0.4, 0.5) is 0 Å². The van der Waals surface area contributed by atoms with Gasteiger partial charge >= 0.3 is 0 Å². The van der Waals surface area contributed by atoms with Crippen molar-refractivity contribution in [1.29, 1.82) is 0 Å². The Morgan fingerprint density at radius 3 is 2.77 bits per heavy atom. The second-order valence-electron chi connectivity index (χ2n) is 6.66. The molecular formula is C18H22ClN5S2. The molecule has 1 saturated carbocycles. The molecule has 0 atom stereocenters. The van der Waals surface area contributed by atoms with Gasteiger partial charge in [0.05, 0.1) is 11.9 Å². The van der Waals surface area contributed by atoms with Gasteiger partial charge in [-0.3, -0.25) is 0 Å². The average molecular weight is 408 g/mol. The molecule has 0 unspecified atom stereocenters. The quantitative estimate of drug-likeness (QED) is 0.532. The molecule has 0 bridgehead atoms. The van der Waals surface area contributed by atoms with Gasteiger partial charge in [-0.15, -0.1) is 21.5 Å². The highest BCUT2D eigenvalue weighted by atomic mass is 35.5. The molecule has 0 spiro atoms. The number of nitrogens with zero attached hydrogens (tertiary/aromatic N) is 5. The van der Waals surface area contributed by atoms with Crippen LogP contribution in [0.1, 0.15) is 54.7 Å². The summed E-state index contributed by atoms with van der Waals surface area (Å²) in [6, 6.07) is 4.79. The highest BCUT2D eigenvalue weighted by Gasteiger charge is 2.23. The summed E-state index contributed by atoms with van der Waals surface area (Å²) in [6.07, 6.45) is 8.92. The molecule has 8 heteroatoms. The Kier molecular flexibility index (Phi) is 5.66. The van der Waals surface area contributed by atoms with Crippen molar-refractivity contribution in [1.82, 2.24) is 24.3 Å². The Morgan fingerprint density at radius 1 is 1.23 bits per heavy atom. The number of imidazole rings is 1. The lowest BCUT2D eigenvalue weighted by Gasteiger charge is -2.25. The van der Waals surface area contributed by atoms with Crippen LogP contribution in [-0.2, 0) is 19.2 Å². The first kappa shape index (κ1) is 18.1. The van der Waals surface area contributed by atoms with Gasteiger partial charge in [0.2, 0.25) is 0 Å². The van der Waals surface area contributed by atoms with E-state index in [4.69, 9.17) is 11.6 Å². The predicted molar refractivity (Wildman–Crippen MR) is 107 cm³/mol. The fraction of sp³-hybridized carbons (Fsp3) is 0.500.